The van der Waals surface area contributed by atoms with Crippen LogP contribution in [0.15, 0.2) is 35.1 Å². The lowest BCUT2D eigenvalue weighted by molar-refractivity contribution is 0.208. The van der Waals surface area contributed by atoms with Crippen molar-refractivity contribution in [3.63, 3.8) is 0 Å². The van der Waals surface area contributed by atoms with Gasteiger partial charge in [-0.15, -0.1) is 0 Å². The molecule has 5 heteroatoms. The van der Waals surface area contributed by atoms with Crippen LogP contribution in [0.2, 0.25) is 5.02 Å². The fourth-order valence-electron chi connectivity index (χ4n) is 1.81. The first-order chi connectivity index (χ1) is 8.24. The van der Waals surface area contributed by atoms with Gasteiger partial charge in [0.1, 0.15) is 17.7 Å². The molecule has 1 atom stereocenters. The Hall–Kier alpha value is -1.68. The number of furan rings is 1. The number of anilines is 1. The van der Waals surface area contributed by atoms with E-state index in [0.29, 0.717) is 18.0 Å². The number of halogens is 2. The lowest BCUT2D eigenvalue weighted by Gasteiger charge is -2.26. The van der Waals surface area contributed by atoms with E-state index in [1.54, 1.807) is 12.5 Å². The van der Waals surface area contributed by atoms with Crippen molar-refractivity contribution in [1.29, 1.82) is 0 Å². The van der Waals surface area contributed by atoms with Crippen molar-refractivity contribution in [3.8, 4) is 5.75 Å². The second kappa shape index (κ2) is 3.96. The third-order valence-corrected chi connectivity index (χ3v) is 2.97. The zero-order chi connectivity index (χ0) is 11.8. The topological polar surface area (TPSA) is 34.4 Å². The number of ether oxygens (including phenoxy) is 1. The first-order valence-corrected chi connectivity index (χ1v) is 5.53. The summed E-state index contributed by atoms with van der Waals surface area (Å²) in [6.45, 7) is 0.592. The van der Waals surface area contributed by atoms with Crippen molar-refractivity contribution in [1.82, 2.24) is 0 Å². The third-order valence-electron chi connectivity index (χ3n) is 2.68. The number of rotatable bonds is 1. The fraction of sp³-hybridized carbons (Fsp3) is 0.167. The van der Waals surface area contributed by atoms with Crippen LogP contribution in [-0.2, 0) is 0 Å². The number of fused-ring (bicyclic) bond motifs is 1. The Bertz CT molecular complexity index is 542. The Morgan fingerprint density at radius 2 is 2.29 bits per heavy atom. The number of hydrogen-bond donors (Lipinski definition) is 1. The standard InChI is InChI=1S/C12H9ClFNO2/c13-8-3-10-11(4-9(8)14)17-12(5-15-10)7-1-2-16-6-7/h1-4,6,12,15H,5H2. The molecule has 1 unspecified atom stereocenters. The van der Waals surface area contributed by atoms with Crippen LogP contribution < -0.4 is 10.1 Å². The Balaban J connectivity index is 1.93. The highest BCUT2D eigenvalue weighted by atomic mass is 35.5. The SMILES string of the molecule is Fc1cc2c(cc1Cl)NCC(c1ccoc1)O2. The summed E-state index contributed by atoms with van der Waals surface area (Å²) in [4.78, 5) is 0. The molecule has 0 spiro atoms. The minimum atomic E-state index is -0.486. The number of hydrogen-bond acceptors (Lipinski definition) is 3. The molecule has 1 aliphatic heterocycles. The van der Waals surface area contributed by atoms with Crippen LogP contribution in [0.25, 0.3) is 0 Å². The summed E-state index contributed by atoms with van der Waals surface area (Å²) in [6.07, 6.45) is 3.02. The van der Waals surface area contributed by atoms with Gasteiger partial charge >= 0.3 is 0 Å². The summed E-state index contributed by atoms with van der Waals surface area (Å²) in [5, 5.41) is 3.24. The van der Waals surface area contributed by atoms with Crippen LogP contribution in [0, 0.1) is 5.82 Å². The molecule has 3 rings (SSSR count). The lowest BCUT2D eigenvalue weighted by atomic mass is 10.1. The minimum Gasteiger partial charge on any atom is -0.481 e. The van der Waals surface area contributed by atoms with Crippen LogP contribution >= 0.6 is 11.6 Å². The zero-order valence-corrected chi connectivity index (χ0v) is 9.50. The van der Waals surface area contributed by atoms with Crippen molar-refractivity contribution < 1.29 is 13.5 Å². The monoisotopic (exact) mass is 253 g/mol. The predicted octanol–water partition coefficient (Wildman–Crippen LogP) is 3.62. The van der Waals surface area contributed by atoms with E-state index in [4.69, 9.17) is 20.8 Å². The van der Waals surface area contributed by atoms with Crippen molar-refractivity contribution in [2.75, 3.05) is 11.9 Å². The molecule has 1 aromatic carbocycles. The molecule has 1 aromatic heterocycles. The molecule has 0 saturated carbocycles. The van der Waals surface area contributed by atoms with Crippen LogP contribution in [0.5, 0.6) is 5.75 Å². The van der Waals surface area contributed by atoms with Crippen LogP contribution in [0.1, 0.15) is 11.7 Å². The second-order valence-electron chi connectivity index (χ2n) is 3.81. The van der Waals surface area contributed by atoms with E-state index in [-0.39, 0.29) is 11.1 Å². The van der Waals surface area contributed by atoms with Crippen LogP contribution in [0.3, 0.4) is 0 Å². The highest BCUT2D eigenvalue weighted by Crippen LogP contribution is 2.37. The van der Waals surface area contributed by atoms with Gasteiger partial charge in [0.2, 0.25) is 0 Å². The average Bonchev–Trinajstić information content (AvgIpc) is 2.83. The van der Waals surface area contributed by atoms with E-state index in [9.17, 15) is 4.39 Å². The lowest BCUT2D eigenvalue weighted by Crippen LogP contribution is -2.23. The summed E-state index contributed by atoms with van der Waals surface area (Å²) >= 11 is 5.70. The maximum atomic E-state index is 13.3. The van der Waals surface area contributed by atoms with E-state index >= 15 is 0 Å². The molecule has 0 aliphatic carbocycles. The third kappa shape index (κ3) is 1.85. The van der Waals surface area contributed by atoms with Crippen LogP contribution in [0.4, 0.5) is 10.1 Å². The van der Waals surface area contributed by atoms with Crippen LogP contribution in [-0.4, -0.2) is 6.54 Å². The first-order valence-electron chi connectivity index (χ1n) is 5.16. The largest absolute Gasteiger partial charge is 0.481 e. The van der Waals surface area contributed by atoms with E-state index < -0.39 is 5.82 Å². The molecule has 17 heavy (non-hydrogen) atoms. The van der Waals surface area contributed by atoms with Gasteiger partial charge in [0.15, 0.2) is 0 Å². The van der Waals surface area contributed by atoms with Crippen molar-refractivity contribution in [2.24, 2.45) is 0 Å². The smallest absolute Gasteiger partial charge is 0.146 e. The molecule has 0 saturated heterocycles. The van der Waals surface area contributed by atoms with E-state index in [2.05, 4.69) is 5.32 Å². The van der Waals surface area contributed by atoms with Gasteiger partial charge in [0, 0.05) is 11.6 Å². The highest BCUT2D eigenvalue weighted by molar-refractivity contribution is 6.31. The molecular weight excluding hydrogens is 245 g/mol. The molecule has 0 amide bonds. The Morgan fingerprint density at radius 1 is 1.41 bits per heavy atom. The Kier molecular flexibility index (Phi) is 2.44. The van der Waals surface area contributed by atoms with Gasteiger partial charge in [0.05, 0.1) is 29.8 Å². The molecule has 1 aliphatic rings. The van der Waals surface area contributed by atoms with E-state index in [1.807, 2.05) is 6.07 Å². The fourth-order valence-corrected chi connectivity index (χ4v) is 1.97. The quantitative estimate of drug-likeness (QED) is 0.843. The summed E-state index contributed by atoms with van der Waals surface area (Å²) in [6, 6.07) is 4.64. The maximum Gasteiger partial charge on any atom is 0.146 e. The first kappa shape index (κ1) is 10.5. The van der Waals surface area contributed by atoms with Crippen molar-refractivity contribution in [3.05, 3.63) is 47.1 Å². The predicted molar refractivity (Wildman–Crippen MR) is 62.0 cm³/mol. The van der Waals surface area contributed by atoms with E-state index in [0.717, 1.165) is 5.56 Å². The van der Waals surface area contributed by atoms with Crippen molar-refractivity contribution in [2.45, 2.75) is 6.10 Å². The average molecular weight is 254 g/mol. The molecule has 2 heterocycles. The van der Waals surface area contributed by atoms with Gasteiger partial charge in [-0.25, -0.2) is 4.39 Å². The molecule has 88 valence electrons. The normalized spacial score (nSPS) is 18.1. The summed E-state index contributed by atoms with van der Waals surface area (Å²) in [5.41, 5.74) is 1.62. The summed E-state index contributed by atoms with van der Waals surface area (Å²) in [5.74, 6) is -0.0237. The van der Waals surface area contributed by atoms with Gasteiger partial charge in [-0.2, -0.15) is 0 Å². The van der Waals surface area contributed by atoms with Gasteiger partial charge < -0.3 is 14.5 Å². The second-order valence-corrected chi connectivity index (χ2v) is 4.21. The van der Waals surface area contributed by atoms with Gasteiger partial charge in [-0.1, -0.05) is 11.6 Å². The Labute approximate surface area is 102 Å². The minimum absolute atomic E-state index is 0.0848. The van der Waals surface area contributed by atoms with E-state index in [1.165, 1.54) is 12.1 Å². The molecule has 3 nitrogen and oxygen atoms in total. The molecule has 0 bridgehead atoms. The highest BCUT2D eigenvalue weighted by Gasteiger charge is 2.23. The molecular formula is C12H9ClFNO2. The van der Waals surface area contributed by atoms with Gasteiger partial charge in [0.25, 0.3) is 0 Å². The Morgan fingerprint density at radius 3 is 3.06 bits per heavy atom. The van der Waals surface area contributed by atoms with Gasteiger partial charge in [-0.3, -0.25) is 0 Å². The summed E-state index contributed by atoms with van der Waals surface area (Å²) < 4.78 is 24.0. The van der Waals surface area contributed by atoms with Crippen molar-refractivity contribution >= 4 is 17.3 Å². The molecule has 0 fully saturated rings. The zero-order valence-electron chi connectivity index (χ0n) is 8.74. The van der Waals surface area contributed by atoms with Gasteiger partial charge in [-0.05, 0) is 12.1 Å². The summed E-state index contributed by atoms with van der Waals surface area (Å²) in [7, 11) is 0. The molecule has 0 radical (unpaired) electrons. The number of benzene rings is 1. The molecule has 2 aromatic rings. The maximum absolute atomic E-state index is 13.3. The number of nitrogens with one attached hydrogen (secondary N) is 1. The molecule has 1 N–H and O–H groups in total.